The average Bonchev–Trinajstić information content (AvgIpc) is 2.59. The van der Waals surface area contributed by atoms with Gasteiger partial charge in [0.05, 0.1) is 5.60 Å². The van der Waals surface area contributed by atoms with E-state index in [0.717, 1.165) is 42.9 Å². The lowest BCUT2D eigenvalue weighted by Gasteiger charge is -2.32. The van der Waals surface area contributed by atoms with Gasteiger partial charge in [-0.1, -0.05) is 23.7 Å². The van der Waals surface area contributed by atoms with Gasteiger partial charge < -0.3 is 10.1 Å². The Morgan fingerprint density at radius 2 is 2.12 bits per heavy atom. The summed E-state index contributed by atoms with van der Waals surface area (Å²) >= 11 is 6.09. The van der Waals surface area contributed by atoms with Gasteiger partial charge in [0.1, 0.15) is 0 Å². The van der Waals surface area contributed by atoms with Crippen LogP contribution in [0.3, 0.4) is 0 Å². The standard InChI is InChI=1S/C14H20ClNO/c1-11-10-12(4-5-13(11)15)14(17-2)6-3-8-16-9-7-14/h4-5,10,16H,3,6-9H2,1-2H3. The minimum absolute atomic E-state index is 0.140. The smallest absolute Gasteiger partial charge is 0.0940 e. The summed E-state index contributed by atoms with van der Waals surface area (Å²) in [5, 5.41) is 4.25. The number of methoxy groups -OCH3 is 1. The van der Waals surface area contributed by atoms with Crippen LogP contribution in [0.25, 0.3) is 0 Å². The van der Waals surface area contributed by atoms with Crippen molar-refractivity contribution in [2.75, 3.05) is 20.2 Å². The maximum absolute atomic E-state index is 6.09. The van der Waals surface area contributed by atoms with Crippen molar-refractivity contribution in [3.05, 3.63) is 34.3 Å². The van der Waals surface area contributed by atoms with Crippen molar-refractivity contribution in [2.45, 2.75) is 31.8 Å². The van der Waals surface area contributed by atoms with Gasteiger partial charge >= 0.3 is 0 Å². The van der Waals surface area contributed by atoms with E-state index in [1.165, 1.54) is 5.56 Å². The molecule has 1 unspecified atom stereocenters. The number of halogens is 1. The second kappa shape index (κ2) is 5.38. The number of benzene rings is 1. The molecule has 0 bridgehead atoms. The molecule has 0 amide bonds. The Kier molecular flexibility index (Phi) is 4.08. The van der Waals surface area contributed by atoms with Gasteiger partial charge in [0.25, 0.3) is 0 Å². The Bertz CT molecular complexity index is 384. The van der Waals surface area contributed by atoms with Crippen LogP contribution in [0.2, 0.25) is 5.02 Å². The van der Waals surface area contributed by atoms with Crippen LogP contribution in [-0.4, -0.2) is 20.2 Å². The molecule has 1 N–H and O–H groups in total. The van der Waals surface area contributed by atoms with Crippen LogP contribution in [0.5, 0.6) is 0 Å². The molecular formula is C14H20ClNO. The van der Waals surface area contributed by atoms with Crippen molar-refractivity contribution in [3.8, 4) is 0 Å². The number of ether oxygens (including phenoxy) is 1. The quantitative estimate of drug-likeness (QED) is 0.874. The highest BCUT2D eigenvalue weighted by atomic mass is 35.5. The molecule has 1 aromatic carbocycles. The molecule has 1 aliphatic rings. The highest BCUT2D eigenvalue weighted by molar-refractivity contribution is 6.31. The summed E-state index contributed by atoms with van der Waals surface area (Å²) in [6, 6.07) is 6.24. The minimum Gasteiger partial charge on any atom is -0.373 e. The third kappa shape index (κ3) is 2.65. The third-order valence-corrected chi connectivity index (χ3v) is 4.14. The SMILES string of the molecule is COC1(c2ccc(Cl)c(C)c2)CCCNCC1. The molecule has 1 aromatic rings. The molecule has 0 aliphatic carbocycles. The lowest BCUT2D eigenvalue weighted by molar-refractivity contribution is -0.0252. The van der Waals surface area contributed by atoms with Crippen molar-refractivity contribution in [3.63, 3.8) is 0 Å². The van der Waals surface area contributed by atoms with Crippen molar-refractivity contribution in [1.29, 1.82) is 0 Å². The third-order valence-electron chi connectivity index (χ3n) is 3.71. The Morgan fingerprint density at radius 3 is 2.82 bits per heavy atom. The number of nitrogens with one attached hydrogen (secondary N) is 1. The van der Waals surface area contributed by atoms with Crippen LogP contribution in [0.15, 0.2) is 18.2 Å². The molecule has 3 heteroatoms. The molecule has 2 nitrogen and oxygen atoms in total. The molecule has 0 aromatic heterocycles. The zero-order valence-electron chi connectivity index (χ0n) is 10.6. The Balaban J connectivity index is 2.35. The van der Waals surface area contributed by atoms with Gasteiger partial charge in [0.15, 0.2) is 0 Å². The molecule has 0 spiro atoms. The van der Waals surface area contributed by atoms with Crippen molar-refractivity contribution < 1.29 is 4.74 Å². The van der Waals surface area contributed by atoms with Crippen LogP contribution < -0.4 is 5.32 Å². The molecule has 1 heterocycles. The van der Waals surface area contributed by atoms with Gasteiger partial charge in [-0.2, -0.15) is 0 Å². The zero-order chi connectivity index (χ0) is 12.3. The van der Waals surface area contributed by atoms with E-state index >= 15 is 0 Å². The Hall–Kier alpha value is -0.570. The molecule has 0 radical (unpaired) electrons. The monoisotopic (exact) mass is 253 g/mol. The maximum atomic E-state index is 6.09. The van der Waals surface area contributed by atoms with Gasteiger partial charge in [-0.05, 0) is 56.5 Å². The average molecular weight is 254 g/mol. The predicted octanol–water partition coefficient (Wildman–Crippen LogP) is 3.26. The van der Waals surface area contributed by atoms with Crippen molar-refractivity contribution in [1.82, 2.24) is 5.32 Å². The summed E-state index contributed by atoms with van der Waals surface area (Å²) in [6.07, 6.45) is 3.23. The fourth-order valence-electron chi connectivity index (χ4n) is 2.58. The molecular weight excluding hydrogens is 234 g/mol. The van der Waals surface area contributed by atoms with Crippen molar-refractivity contribution in [2.24, 2.45) is 0 Å². The summed E-state index contributed by atoms with van der Waals surface area (Å²) in [5.74, 6) is 0. The number of rotatable bonds is 2. The van der Waals surface area contributed by atoms with Gasteiger partial charge in [-0.25, -0.2) is 0 Å². The summed E-state index contributed by atoms with van der Waals surface area (Å²) in [7, 11) is 1.81. The molecule has 1 fully saturated rings. The van der Waals surface area contributed by atoms with E-state index in [2.05, 4.69) is 17.4 Å². The topological polar surface area (TPSA) is 21.3 Å². The Morgan fingerprint density at radius 1 is 1.29 bits per heavy atom. The summed E-state index contributed by atoms with van der Waals surface area (Å²) in [4.78, 5) is 0. The van der Waals surface area contributed by atoms with Crippen LogP contribution >= 0.6 is 11.6 Å². The zero-order valence-corrected chi connectivity index (χ0v) is 11.3. The van der Waals surface area contributed by atoms with Crippen LogP contribution in [0, 0.1) is 6.92 Å². The predicted molar refractivity (Wildman–Crippen MR) is 71.6 cm³/mol. The molecule has 1 aliphatic heterocycles. The lowest BCUT2D eigenvalue weighted by atomic mass is 9.86. The molecule has 94 valence electrons. The van der Waals surface area contributed by atoms with Crippen molar-refractivity contribution >= 4 is 11.6 Å². The molecule has 2 rings (SSSR count). The lowest BCUT2D eigenvalue weighted by Crippen LogP contribution is -2.29. The first-order valence-electron chi connectivity index (χ1n) is 6.20. The molecule has 17 heavy (non-hydrogen) atoms. The van der Waals surface area contributed by atoms with E-state index in [0.29, 0.717) is 0 Å². The first-order chi connectivity index (χ1) is 8.18. The number of hydrogen-bond acceptors (Lipinski definition) is 2. The molecule has 1 saturated heterocycles. The van der Waals surface area contributed by atoms with Crippen LogP contribution in [0.4, 0.5) is 0 Å². The highest BCUT2D eigenvalue weighted by Gasteiger charge is 2.32. The normalized spacial score (nSPS) is 25.6. The number of aryl methyl sites for hydroxylation is 1. The summed E-state index contributed by atoms with van der Waals surface area (Å²) in [5.41, 5.74) is 2.24. The second-order valence-corrected chi connectivity index (χ2v) is 5.17. The molecule has 1 atom stereocenters. The van der Waals surface area contributed by atoms with Crippen LogP contribution in [0.1, 0.15) is 30.4 Å². The second-order valence-electron chi connectivity index (χ2n) is 4.77. The van der Waals surface area contributed by atoms with E-state index in [-0.39, 0.29) is 5.60 Å². The summed E-state index contributed by atoms with van der Waals surface area (Å²) < 4.78 is 5.86. The minimum atomic E-state index is -0.140. The van der Waals surface area contributed by atoms with Gasteiger partial charge in [0, 0.05) is 12.1 Å². The first-order valence-corrected chi connectivity index (χ1v) is 6.58. The van der Waals surface area contributed by atoms with E-state index in [4.69, 9.17) is 16.3 Å². The first kappa shape index (κ1) is 12.9. The number of hydrogen-bond donors (Lipinski definition) is 1. The van der Waals surface area contributed by atoms with Gasteiger partial charge in [-0.15, -0.1) is 0 Å². The Labute approximate surface area is 108 Å². The highest BCUT2D eigenvalue weighted by Crippen LogP contribution is 2.36. The van der Waals surface area contributed by atoms with Gasteiger partial charge in [0.2, 0.25) is 0 Å². The van der Waals surface area contributed by atoms with E-state index < -0.39 is 0 Å². The van der Waals surface area contributed by atoms with E-state index in [9.17, 15) is 0 Å². The maximum Gasteiger partial charge on any atom is 0.0940 e. The largest absolute Gasteiger partial charge is 0.373 e. The van der Waals surface area contributed by atoms with E-state index in [1.807, 2.05) is 20.1 Å². The van der Waals surface area contributed by atoms with E-state index in [1.54, 1.807) is 0 Å². The summed E-state index contributed by atoms with van der Waals surface area (Å²) in [6.45, 7) is 4.14. The fraction of sp³-hybridized carbons (Fsp3) is 0.571. The van der Waals surface area contributed by atoms with Crippen LogP contribution in [-0.2, 0) is 10.3 Å². The molecule has 0 saturated carbocycles. The fourth-order valence-corrected chi connectivity index (χ4v) is 2.70. The van der Waals surface area contributed by atoms with Gasteiger partial charge in [-0.3, -0.25) is 0 Å².